The Bertz CT molecular complexity index is 837. The van der Waals surface area contributed by atoms with Crippen molar-refractivity contribution in [2.75, 3.05) is 25.1 Å². The molecule has 0 unspecified atom stereocenters. The minimum absolute atomic E-state index is 0.383. The first-order chi connectivity index (χ1) is 12.7. The summed E-state index contributed by atoms with van der Waals surface area (Å²) in [4.78, 5) is 4.80. The van der Waals surface area contributed by atoms with Gasteiger partial charge in [-0.2, -0.15) is 9.61 Å². The summed E-state index contributed by atoms with van der Waals surface area (Å²) in [5, 5.41) is 19.8. The van der Waals surface area contributed by atoms with Crippen molar-refractivity contribution in [2.45, 2.75) is 25.7 Å². The van der Waals surface area contributed by atoms with Gasteiger partial charge in [-0.3, -0.25) is 0 Å². The average Bonchev–Trinajstić information content (AvgIpc) is 3.05. The first kappa shape index (κ1) is 18.6. The minimum Gasteiger partial charge on any atom is -0.411 e. The summed E-state index contributed by atoms with van der Waals surface area (Å²) in [5.41, 5.74) is 2.67. The van der Waals surface area contributed by atoms with E-state index in [4.69, 9.17) is 14.9 Å². The fourth-order valence-electron chi connectivity index (χ4n) is 2.92. The lowest BCUT2D eigenvalue weighted by atomic mass is 9.96. The Hall–Kier alpha value is -2.19. The third kappa shape index (κ3) is 4.31. The van der Waals surface area contributed by atoms with Crippen LogP contribution in [0.4, 0.5) is 5.82 Å². The van der Waals surface area contributed by atoms with E-state index in [0.29, 0.717) is 12.5 Å². The van der Waals surface area contributed by atoms with Crippen LogP contribution in [-0.4, -0.2) is 45.8 Å². The van der Waals surface area contributed by atoms with Crippen LogP contribution in [0.1, 0.15) is 31.4 Å². The van der Waals surface area contributed by atoms with Gasteiger partial charge in [-0.1, -0.05) is 23.4 Å². The molecule has 2 N–H and O–H groups in total. The van der Waals surface area contributed by atoms with Crippen molar-refractivity contribution in [1.82, 2.24) is 14.6 Å². The third-order valence-electron chi connectivity index (χ3n) is 4.29. The summed E-state index contributed by atoms with van der Waals surface area (Å²) in [6.07, 6.45) is 10.8. The van der Waals surface area contributed by atoms with E-state index in [0.717, 1.165) is 53.3 Å². The molecule has 0 radical (unpaired) electrons. The Morgan fingerprint density at radius 1 is 1.50 bits per heavy atom. The molecule has 26 heavy (non-hydrogen) atoms. The smallest absolute Gasteiger partial charge is 0.171 e. The minimum atomic E-state index is 0.383. The third-order valence-corrected chi connectivity index (χ3v) is 4.85. The maximum atomic E-state index is 8.85. The second-order valence-corrected chi connectivity index (χ2v) is 6.90. The number of hydrogen-bond acceptors (Lipinski definition) is 6. The quantitative estimate of drug-likeness (QED) is 0.322. The van der Waals surface area contributed by atoms with Crippen molar-refractivity contribution in [1.29, 1.82) is 0 Å². The Morgan fingerprint density at radius 2 is 2.31 bits per heavy atom. The zero-order valence-corrected chi connectivity index (χ0v) is 16.2. The van der Waals surface area contributed by atoms with Crippen LogP contribution in [0.15, 0.2) is 45.7 Å². The first-order valence-electron chi connectivity index (χ1n) is 8.58. The number of allylic oxidation sites excluding steroid dienone is 3. The summed E-state index contributed by atoms with van der Waals surface area (Å²) in [5.74, 6) is 1.23. The van der Waals surface area contributed by atoms with Crippen molar-refractivity contribution < 1.29 is 9.94 Å². The van der Waals surface area contributed by atoms with Crippen molar-refractivity contribution in [3.05, 3.63) is 46.2 Å². The molecule has 3 heterocycles. The highest BCUT2D eigenvalue weighted by molar-refractivity contribution is 9.10. The normalized spacial score (nSPS) is 16.9. The molecule has 0 saturated carbocycles. The molecule has 138 valence electrons. The van der Waals surface area contributed by atoms with E-state index in [1.807, 2.05) is 31.2 Å². The standard InChI is InChI=1S/C18H22BrN5O2/c1-2-3-4-13(11-22-25)10-20-17-9-16(14-5-7-26-8-6-14)23-18-15(19)12-21-24(17)18/h2-4,9,11-12,14,20,25H,5-8,10H2,1H3/b3-2-,13-4-,22-11+. The van der Waals surface area contributed by atoms with E-state index in [9.17, 15) is 0 Å². The summed E-state index contributed by atoms with van der Waals surface area (Å²) in [6.45, 7) is 3.97. The Kier molecular flexibility index (Phi) is 6.40. The molecular formula is C18H22BrN5O2. The number of halogens is 1. The highest BCUT2D eigenvalue weighted by atomic mass is 79.9. The van der Waals surface area contributed by atoms with E-state index in [1.54, 1.807) is 10.7 Å². The van der Waals surface area contributed by atoms with Crippen LogP contribution >= 0.6 is 15.9 Å². The number of rotatable bonds is 6. The van der Waals surface area contributed by atoms with Crippen molar-refractivity contribution in [3.63, 3.8) is 0 Å². The molecule has 0 aromatic carbocycles. The van der Waals surface area contributed by atoms with Gasteiger partial charge in [0.1, 0.15) is 5.82 Å². The monoisotopic (exact) mass is 419 g/mol. The maximum absolute atomic E-state index is 8.85. The lowest BCUT2D eigenvalue weighted by Gasteiger charge is -2.22. The molecule has 1 aliphatic rings. The Morgan fingerprint density at radius 3 is 3.04 bits per heavy atom. The van der Waals surface area contributed by atoms with Gasteiger partial charge < -0.3 is 15.3 Å². The fraction of sp³-hybridized carbons (Fsp3) is 0.389. The SMILES string of the molecule is C\C=C/C=C(\C=N\O)CNc1cc(C2CCOCC2)nc2c(Br)cnn12. The zero-order chi connectivity index (χ0) is 18.4. The molecule has 8 heteroatoms. The summed E-state index contributed by atoms with van der Waals surface area (Å²) in [6, 6.07) is 2.05. The first-order valence-corrected chi connectivity index (χ1v) is 9.37. The summed E-state index contributed by atoms with van der Waals surface area (Å²) >= 11 is 3.53. The molecule has 3 rings (SSSR count). The van der Waals surface area contributed by atoms with Crippen LogP contribution in [0.2, 0.25) is 0 Å². The second kappa shape index (κ2) is 8.95. The van der Waals surface area contributed by atoms with E-state index >= 15 is 0 Å². The topological polar surface area (TPSA) is 84.0 Å². The van der Waals surface area contributed by atoms with Crippen LogP contribution in [0.3, 0.4) is 0 Å². The predicted octanol–water partition coefficient (Wildman–Crippen LogP) is 3.76. The molecule has 1 fully saturated rings. The average molecular weight is 420 g/mol. The highest BCUT2D eigenvalue weighted by Gasteiger charge is 2.20. The molecule has 0 spiro atoms. The number of fused-ring (bicyclic) bond motifs is 1. The van der Waals surface area contributed by atoms with E-state index in [2.05, 4.69) is 31.5 Å². The van der Waals surface area contributed by atoms with Crippen LogP contribution in [0, 0.1) is 0 Å². The molecule has 0 atom stereocenters. The molecule has 1 saturated heterocycles. The van der Waals surface area contributed by atoms with Gasteiger partial charge in [-0.05, 0) is 41.3 Å². The summed E-state index contributed by atoms with van der Waals surface area (Å²) < 4.78 is 8.10. The van der Waals surface area contributed by atoms with Crippen LogP contribution in [-0.2, 0) is 4.74 Å². The Balaban J connectivity index is 1.90. The van der Waals surface area contributed by atoms with E-state index < -0.39 is 0 Å². The van der Waals surface area contributed by atoms with Gasteiger partial charge in [-0.25, -0.2) is 4.98 Å². The predicted molar refractivity (Wildman–Crippen MR) is 105 cm³/mol. The van der Waals surface area contributed by atoms with Gasteiger partial charge >= 0.3 is 0 Å². The lowest BCUT2D eigenvalue weighted by molar-refractivity contribution is 0.0845. The van der Waals surface area contributed by atoms with E-state index in [1.165, 1.54) is 6.21 Å². The largest absolute Gasteiger partial charge is 0.411 e. The number of ether oxygens (including phenoxy) is 1. The van der Waals surface area contributed by atoms with Gasteiger partial charge in [0.2, 0.25) is 0 Å². The van der Waals surface area contributed by atoms with Gasteiger partial charge in [0.05, 0.1) is 16.9 Å². The fourth-order valence-corrected chi connectivity index (χ4v) is 3.27. The molecule has 2 aromatic rings. The molecule has 0 aliphatic carbocycles. The molecule has 7 nitrogen and oxygen atoms in total. The summed E-state index contributed by atoms with van der Waals surface area (Å²) in [7, 11) is 0. The van der Waals surface area contributed by atoms with Crippen LogP contribution in [0.5, 0.6) is 0 Å². The van der Waals surface area contributed by atoms with Crippen LogP contribution < -0.4 is 5.32 Å². The van der Waals surface area contributed by atoms with Gasteiger partial charge in [0.15, 0.2) is 5.65 Å². The highest BCUT2D eigenvalue weighted by Crippen LogP contribution is 2.29. The maximum Gasteiger partial charge on any atom is 0.171 e. The number of aromatic nitrogens is 3. The number of anilines is 1. The van der Waals surface area contributed by atoms with Crippen molar-refractivity contribution in [2.24, 2.45) is 5.16 Å². The molecular weight excluding hydrogens is 398 g/mol. The molecule has 2 aromatic heterocycles. The van der Waals surface area contributed by atoms with Gasteiger partial charge in [0, 0.05) is 37.4 Å². The number of hydrogen-bond donors (Lipinski definition) is 2. The Labute approximate surface area is 160 Å². The zero-order valence-electron chi connectivity index (χ0n) is 14.6. The molecule has 0 amide bonds. The van der Waals surface area contributed by atoms with Gasteiger partial charge in [-0.15, -0.1) is 0 Å². The molecule has 1 aliphatic heterocycles. The number of nitrogens with zero attached hydrogens (tertiary/aromatic N) is 4. The second-order valence-electron chi connectivity index (χ2n) is 6.05. The van der Waals surface area contributed by atoms with E-state index in [-0.39, 0.29) is 0 Å². The number of oxime groups is 1. The lowest BCUT2D eigenvalue weighted by Crippen LogP contribution is -2.17. The van der Waals surface area contributed by atoms with Crippen LogP contribution in [0.25, 0.3) is 5.65 Å². The van der Waals surface area contributed by atoms with Gasteiger partial charge in [0.25, 0.3) is 0 Å². The molecule has 0 bridgehead atoms. The van der Waals surface area contributed by atoms with Crippen molar-refractivity contribution in [3.8, 4) is 0 Å². The van der Waals surface area contributed by atoms with Crippen molar-refractivity contribution >= 4 is 33.6 Å². The number of nitrogens with one attached hydrogen (secondary N) is 1.